The van der Waals surface area contributed by atoms with Gasteiger partial charge in [-0.05, 0) is 25.5 Å². The van der Waals surface area contributed by atoms with Crippen molar-refractivity contribution in [3.05, 3.63) is 41.7 Å². The molecule has 1 N–H and O–H groups in total. The Kier molecular flexibility index (Phi) is 4.32. The number of likely N-dealkylation sites (tertiary alicyclic amines) is 2. The largest absolute Gasteiger partial charge is 0.337 e. The molecule has 2 aliphatic rings. The molecule has 4 rings (SSSR count). The Morgan fingerprint density at radius 2 is 2.04 bits per heavy atom. The summed E-state index contributed by atoms with van der Waals surface area (Å²) in [6.07, 6.45) is 3.42. The average Bonchev–Trinajstić information content (AvgIpc) is 3.19. The molecule has 0 atom stereocenters. The molecule has 2 aliphatic heterocycles. The maximum Gasteiger partial charge on any atom is 0.321 e. The Bertz CT molecular complexity index is 809. The van der Waals surface area contributed by atoms with E-state index < -0.39 is 0 Å². The molecule has 1 aromatic heterocycles. The van der Waals surface area contributed by atoms with E-state index in [0.717, 1.165) is 29.9 Å². The molecule has 0 unspecified atom stereocenters. The van der Waals surface area contributed by atoms with Gasteiger partial charge in [0.2, 0.25) is 5.91 Å². The first-order chi connectivity index (χ1) is 12.6. The molecule has 2 fully saturated rings. The Balaban J connectivity index is 1.28. The van der Waals surface area contributed by atoms with Crippen molar-refractivity contribution in [2.75, 3.05) is 25.0 Å². The third kappa shape index (κ3) is 3.40. The van der Waals surface area contributed by atoms with E-state index in [1.807, 2.05) is 42.3 Å². The van der Waals surface area contributed by atoms with Crippen molar-refractivity contribution >= 4 is 17.6 Å². The number of amides is 3. The number of aromatic nitrogens is 3. The number of hydrogen-bond acceptors (Lipinski definition) is 4. The van der Waals surface area contributed by atoms with Crippen LogP contribution in [0, 0.1) is 6.92 Å². The van der Waals surface area contributed by atoms with E-state index in [2.05, 4.69) is 15.6 Å². The summed E-state index contributed by atoms with van der Waals surface area (Å²) in [5, 5.41) is 11.2. The van der Waals surface area contributed by atoms with Gasteiger partial charge in [-0.2, -0.15) is 0 Å². The van der Waals surface area contributed by atoms with Crippen LogP contribution in [0.3, 0.4) is 0 Å². The number of carbonyl (C=O) groups excluding carboxylic acids is 2. The Morgan fingerprint density at radius 1 is 1.27 bits per heavy atom. The van der Waals surface area contributed by atoms with Crippen LogP contribution < -0.4 is 5.32 Å². The maximum atomic E-state index is 12.3. The van der Waals surface area contributed by atoms with E-state index in [4.69, 9.17) is 0 Å². The summed E-state index contributed by atoms with van der Waals surface area (Å²) in [6, 6.07) is 7.76. The van der Waals surface area contributed by atoms with E-state index >= 15 is 0 Å². The van der Waals surface area contributed by atoms with Gasteiger partial charge in [-0.3, -0.25) is 4.79 Å². The highest BCUT2D eigenvalue weighted by atomic mass is 16.2. The molecule has 3 amide bonds. The highest BCUT2D eigenvalue weighted by Crippen LogP contribution is 2.22. The van der Waals surface area contributed by atoms with Crippen molar-refractivity contribution in [1.82, 2.24) is 24.8 Å². The summed E-state index contributed by atoms with van der Waals surface area (Å²) in [5.74, 6) is 0.183. The van der Waals surface area contributed by atoms with Crippen molar-refractivity contribution in [2.24, 2.45) is 0 Å². The van der Waals surface area contributed by atoms with Crippen molar-refractivity contribution in [3.63, 3.8) is 0 Å². The van der Waals surface area contributed by atoms with Crippen LogP contribution in [0.25, 0.3) is 0 Å². The number of anilines is 1. The van der Waals surface area contributed by atoms with Crippen LogP contribution in [-0.2, 0) is 11.3 Å². The molecule has 0 aliphatic carbocycles. The number of benzene rings is 1. The smallest absolute Gasteiger partial charge is 0.321 e. The topological polar surface area (TPSA) is 83.4 Å². The van der Waals surface area contributed by atoms with E-state index in [-0.39, 0.29) is 18.0 Å². The number of nitrogens with one attached hydrogen (secondary N) is 1. The van der Waals surface area contributed by atoms with Crippen LogP contribution >= 0.6 is 0 Å². The quantitative estimate of drug-likeness (QED) is 0.907. The van der Waals surface area contributed by atoms with E-state index in [0.29, 0.717) is 26.1 Å². The molecule has 2 aromatic rings. The summed E-state index contributed by atoms with van der Waals surface area (Å²) >= 11 is 0. The van der Waals surface area contributed by atoms with Gasteiger partial charge in [0.1, 0.15) is 5.69 Å². The van der Waals surface area contributed by atoms with E-state index in [1.54, 1.807) is 9.58 Å². The van der Waals surface area contributed by atoms with Gasteiger partial charge in [-0.15, -0.1) is 5.10 Å². The van der Waals surface area contributed by atoms with E-state index in [1.165, 1.54) is 0 Å². The molecule has 26 heavy (non-hydrogen) atoms. The number of urea groups is 1. The SMILES string of the molecule is Cc1ccc(NC(=O)N2CC(n3cc(CN4CCCC4=O)nn3)C2)cc1. The highest BCUT2D eigenvalue weighted by Gasteiger charge is 2.33. The molecule has 1 aromatic carbocycles. The minimum absolute atomic E-state index is 0.104. The Hall–Kier alpha value is -2.90. The zero-order chi connectivity index (χ0) is 18.1. The first-order valence-corrected chi connectivity index (χ1v) is 8.89. The lowest BCUT2D eigenvalue weighted by Crippen LogP contribution is -2.52. The number of nitrogens with zero attached hydrogens (tertiary/aromatic N) is 5. The third-order valence-corrected chi connectivity index (χ3v) is 4.91. The average molecular weight is 354 g/mol. The number of hydrogen-bond donors (Lipinski definition) is 1. The van der Waals surface area contributed by atoms with Crippen molar-refractivity contribution in [3.8, 4) is 0 Å². The van der Waals surface area contributed by atoms with Crippen LogP contribution in [0.2, 0.25) is 0 Å². The molecule has 0 radical (unpaired) electrons. The van der Waals surface area contributed by atoms with Crippen LogP contribution in [0.4, 0.5) is 10.5 Å². The number of rotatable bonds is 4. The van der Waals surface area contributed by atoms with Gasteiger partial charge in [0.15, 0.2) is 0 Å². The van der Waals surface area contributed by atoms with Gasteiger partial charge in [0, 0.05) is 31.7 Å². The number of carbonyl (C=O) groups is 2. The normalized spacial score (nSPS) is 17.5. The fraction of sp³-hybridized carbons (Fsp3) is 0.444. The first kappa shape index (κ1) is 16.6. The van der Waals surface area contributed by atoms with Crippen molar-refractivity contribution in [1.29, 1.82) is 0 Å². The lowest BCUT2D eigenvalue weighted by Gasteiger charge is -2.38. The highest BCUT2D eigenvalue weighted by molar-refractivity contribution is 5.89. The summed E-state index contributed by atoms with van der Waals surface area (Å²) in [5.41, 5.74) is 2.75. The summed E-state index contributed by atoms with van der Waals surface area (Å²) in [4.78, 5) is 27.5. The molecular formula is C18H22N6O2. The Morgan fingerprint density at radius 3 is 2.73 bits per heavy atom. The lowest BCUT2D eigenvalue weighted by molar-refractivity contribution is -0.128. The fourth-order valence-corrected chi connectivity index (χ4v) is 3.26. The predicted molar refractivity (Wildman–Crippen MR) is 95.5 cm³/mol. The molecule has 0 spiro atoms. The second-order valence-electron chi connectivity index (χ2n) is 6.96. The molecular weight excluding hydrogens is 332 g/mol. The zero-order valence-corrected chi connectivity index (χ0v) is 14.8. The predicted octanol–water partition coefficient (Wildman–Crippen LogP) is 1.80. The van der Waals surface area contributed by atoms with E-state index in [9.17, 15) is 9.59 Å². The zero-order valence-electron chi connectivity index (χ0n) is 14.8. The summed E-state index contributed by atoms with van der Waals surface area (Å²) in [6.45, 7) is 4.52. The van der Waals surface area contributed by atoms with Gasteiger partial charge < -0.3 is 15.1 Å². The van der Waals surface area contributed by atoms with Gasteiger partial charge in [-0.25, -0.2) is 9.48 Å². The van der Waals surface area contributed by atoms with Crippen LogP contribution in [0.5, 0.6) is 0 Å². The van der Waals surface area contributed by atoms with Gasteiger partial charge >= 0.3 is 6.03 Å². The van der Waals surface area contributed by atoms with Gasteiger partial charge in [0.25, 0.3) is 0 Å². The molecule has 8 nitrogen and oxygen atoms in total. The van der Waals surface area contributed by atoms with Crippen molar-refractivity contribution in [2.45, 2.75) is 32.4 Å². The number of aryl methyl sites for hydroxylation is 1. The Labute approximate surface area is 151 Å². The summed E-state index contributed by atoms with van der Waals surface area (Å²) in [7, 11) is 0. The van der Waals surface area contributed by atoms with Crippen LogP contribution in [0.15, 0.2) is 30.5 Å². The maximum absolute atomic E-state index is 12.3. The minimum Gasteiger partial charge on any atom is -0.337 e. The minimum atomic E-state index is -0.104. The van der Waals surface area contributed by atoms with Crippen LogP contribution in [-0.4, -0.2) is 56.4 Å². The second-order valence-corrected chi connectivity index (χ2v) is 6.96. The summed E-state index contributed by atoms with van der Waals surface area (Å²) < 4.78 is 1.80. The molecule has 136 valence electrons. The first-order valence-electron chi connectivity index (χ1n) is 8.89. The standard InChI is InChI=1S/C18H22N6O2/c1-13-4-6-14(7-5-13)19-18(26)23-11-16(12-23)24-10-15(20-21-24)9-22-8-2-3-17(22)25/h4-7,10,16H,2-3,8-9,11-12H2,1H3,(H,19,26). The molecule has 8 heteroatoms. The fourth-order valence-electron chi connectivity index (χ4n) is 3.26. The molecule has 0 saturated carbocycles. The monoisotopic (exact) mass is 354 g/mol. The molecule has 0 bridgehead atoms. The van der Waals surface area contributed by atoms with Gasteiger partial charge in [-0.1, -0.05) is 22.9 Å². The molecule has 2 saturated heterocycles. The second kappa shape index (κ2) is 6.78. The van der Waals surface area contributed by atoms with Crippen molar-refractivity contribution < 1.29 is 9.59 Å². The third-order valence-electron chi connectivity index (χ3n) is 4.91. The molecule has 3 heterocycles. The van der Waals surface area contributed by atoms with Crippen LogP contribution in [0.1, 0.15) is 30.1 Å². The van der Waals surface area contributed by atoms with Gasteiger partial charge in [0.05, 0.1) is 18.8 Å². The lowest BCUT2D eigenvalue weighted by atomic mass is 10.1.